The van der Waals surface area contributed by atoms with E-state index in [2.05, 4.69) is 5.32 Å². The highest BCUT2D eigenvalue weighted by Crippen LogP contribution is 2.48. The van der Waals surface area contributed by atoms with Gasteiger partial charge in [0, 0.05) is 0 Å². The number of methoxy groups -OCH3 is 1. The molecule has 114 valence electrons. The molecular formula is C17H23NO3. The summed E-state index contributed by atoms with van der Waals surface area (Å²) < 4.78 is 4.85. The molecule has 0 bridgehead atoms. The lowest BCUT2D eigenvalue weighted by Gasteiger charge is -2.30. The molecule has 1 atom stereocenters. The Kier molecular flexibility index (Phi) is 4.35. The van der Waals surface area contributed by atoms with Crippen molar-refractivity contribution in [3.63, 3.8) is 0 Å². The summed E-state index contributed by atoms with van der Waals surface area (Å²) in [6.07, 6.45) is 3.01. The number of benzene rings is 1. The lowest BCUT2D eigenvalue weighted by Crippen LogP contribution is -2.55. The molecule has 1 amide bonds. The van der Waals surface area contributed by atoms with Crippen molar-refractivity contribution in [1.82, 2.24) is 5.32 Å². The van der Waals surface area contributed by atoms with Crippen molar-refractivity contribution in [2.75, 3.05) is 7.11 Å². The minimum absolute atomic E-state index is 0.0740. The standard InChI is InChI=1S/C17H23NO3/c1-4-10-16(2,15(20)21-3)18-14(19)17(11-12-17)13-8-6-5-7-9-13/h5-9H,4,10-12H2,1-3H3,(H,18,19). The molecule has 1 unspecified atom stereocenters. The first-order valence-corrected chi connectivity index (χ1v) is 7.45. The van der Waals surface area contributed by atoms with Gasteiger partial charge in [-0.05, 0) is 31.7 Å². The van der Waals surface area contributed by atoms with Crippen LogP contribution in [0.3, 0.4) is 0 Å². The van der Waals surface area contributed by atoms with Crippen molar-refractivity contribution in [1.29, 1.82) is 0 Å². The van der Waals surface area contributed by atoms with Gasteiger partial charge in [0.2, 0.25) is 5.91 Å². The molecule has 1 aromatic carbocycles. The fraction of sp³-hybridized carbons (Fsp3) is 0.529. The molecule has 2 rings (SSSR count). The van der Waals surface area contributed by atoms with Gasteiger partial charge in [0.05, 0.1) is 12.5 Å². The number of hydrogen-bond acceptors (Lipinski definition) is 3. The smallest absolute Gasteiger partial charge is 0.331 e. The maximum Gasteiger partial charge on any atom is 0.331 e. The molecule has 21 heavy (non-hydrogen) atoms. The average Bonchev–Trinajstić information content (AvgIpc) is 3.29. The molecule has 0 heterocycles. The van der Waals surface area contributed by atoms with Crippen LogP contribution in [0.15, 0.2) is 30.3 Å². The van der Waals surface area contributed by atoms with Gasteiger partial charge in [-0.25, -0.2) is 4.79 Å². The fourth-order valence-corrected chi connectivity index (χ4v) is 2.84. The predicted octanol–water partition coefficient (Wildman–Crippen LogP) is 2.57. The largest absolute Gasteiger partial charge is 0.467 e. The number of ether oxygens (including phenoxy) is 1. The third-order valence-corrected chi connectivity index (χ3v) is 4.29. The van der Waals surface area contributed by atoms with Crippen molar-refractivity contribution < 1.29 is 14.3 Å². The average molecular weight is 289 g/mol. The molecule has 1 saturated carbocycles. The molecular weight excluding hydrogens is 266 g/mol. The van der Waals surface area contributed by atoms with Gasteiger partial charge in [-0.2, -0.15) is 0 Å². The van der Waals surface area contributed by atoms with Crippen molar-refractivity contribution >= 4 is 11.9 Å². The second-order valence-corrected chi connectivity index (χ2v) is 5.98. The zero-order chi connectivity index (χ0) is 15.5. The fourth-order valence-electron chi connectivity index (χ4n) is 2.84. The molecule has 1 fully saturated rings. The molecule has 1 aromatic rings. The molecule has 0 radical (unpaired) electrons. The van der Waals surface area contributed by atoms with Crippen molar-refractivity contribution in [3.05, 3.63) is 35.9 Å². The summed E-state index contributed by atoms with van der Waals surface area (Å²) >= 11 is 0. The summed E-state index contributed by atoms with van der Waals surface area (Å²) in [4.78, 5) is 24.7. The van der Waals surface area contributed by atoms with Crippen LogP contribution in [0, 0.1) is 0 Å². The predicted molar refractivity (Wildman–Crippen MR) is 80.8 cm³/mol. The van der Waals surface area contributed by atoms with Gasteiger partial charge < -0.3 is 10.1 Å². The number of rotatable bonds is 6. The summed E-state index contributed by atoms with van der Waals surface area (Å²) in [5, 5.41) is 2.93. The van der Waals surface area contributed by atoms with E-state index in [0.29, 0.717) is 6.42 Å². The number of amides is 1. The Balaban J connectivity index is 2.18. The summed E-state index contributed by atoms with van der Waals surface area (Å²) in [7, 11) is 1.35. The molecule has 1 aliphatic carbocycles. The van der Waals surface area contributed by atoms with Gasteiger partial charge in [-0.15, -0.1) is 0 Å². The number of carbonyl (C=O) groups excluding carboxylic acids is 2. The van der Waals surface area contributed by atoms with E-state index >= 15 is 0 Å². The minimum Gasteiger partial charge on any atom is -0.467 e. The SMILES string of the molecule is CCCC(C)(NC(=O)C1(c2ccccc2)CC1)C(=O)OC. The maximum atomic E-state index is 12.7. The van der Waals surface area contributed by atoms with Crippen LogP contribution in [-0.2, 0) is 19.7 Å². The number of nitrogens with one attached hydrogen (secondary N) is 1. The van der Waals surface area contributed by atoms with E-state index in [4.69, 9.17) is 4.74 Å². The van der Waals surface area contributed by atoms with E-state index in [9.17, 15) is 9.59 Å². The first kappa shape index (κ1) is 15.5. The topological polar surface area (TPSA) is 55.4 Å². The first-order valence-electron chi connectivity index (χ1n) is 7.45. The van der Waals surface area contributed by atoms with Crippen LogP contribution >= 0.6 is 0 Å². The van der Waals surface area contributed by atoms with Crippen molar-refractivity contribution in [3.8, 4) is 0 Å². The van der Waals surface area contributed by atoms with Gasteiger partial charge in [0.15, 0.2) is 0 Å². The highest BCUT2D eigenvalue weighted by molar-refractivity contribution is 5.95. The van der Waals surface area contributed by atoms with Crippen LogP contribution in [0.25, 0.3) is 0 Å². The van der Waals surface area contributed by atoms with Crippen LogP contribution in [0.4, 0.5) is 0 Å². The Hall–Kier alpha value is -1.84. The number of hydrogen-bond donors (Lipinski definition) is 1. The van der Waals surface area contributed by atoms with Crippen molar-refractivity contribution in [2.24, 2.45) is 0 Å². The lowest BCUT2D eigenvalue weighted by molar-refractivity contribution is -0.150. The summed E-state index contributed by atoms with van der Waals surface area (Å²) in [5.74, 6) is -0.461. The number of carbonyl (C=O) groups is 2. The highest BCUT2D eigenvalue weighted by atomic mass is 16.5. The second-order valence-electron chi connectivity index (χ2n) is 5.98. The quantitative estimate of drug-likeness (QED) is 0.819. The number of esters is 1. The normalized spacial score (nSPS) is 18.4. The van der Waals surface area contributed by atoms with Gasteiger partial charge in [-0.3, -0.25) is 4.79 Å². The van der Waals surface area contributed by atoms with Gasteiger partial charge in [0.25, 0.3) is 0 Å². The van der Waals surface area contributed by atoms with Crippen molar-refractivity contribution in [2.45, 2.75) is 50.5 Å². The second kappa shape index (κ2) is 5.88. The molecule has 1 aliphatic rings. The van der Waals surface area contributed by atoms with Gasteiger partial charge in [-0.1, -0.05) is 43.7 Å². The Labute approximate surface area is 125 Å². The molecule has 0 aliphatic heterocycles. The monoisotopic (exact) mass is 289 g/mol. The summed E-state index contributed by atoms with van der Waals surface area (Å²) in [5.41, 5.74) is -0.402. The van der Waals surface area contributed by atoms with Crippen LogP contribution in [0.1, 0.15) is 45.1 Å². The molecule has 1 N–H and O–H groups in total. The van der Waals surface area contributed by atoms with Crippen LogP contribution in [0.2, 0.25) is 0 Å². The van der Waals surface area contributed by atoms with E-state index in [1.807, 2.05) is 37.3 Å². The third-order valence-electron chi connectivity index (χ3n) is 4.29. The molecule has 4 nitrogen and oxygen atoms in total. The van der Waals surface area contributed by atoms with Crippen LogP contribution < -0.4 is 5.32 Å². The third kappa shape index (κ3) is 2.94. The molecule has 0 aromatic heterocycles. The first-order chi connectivity index (χ1) is 9.98. The Morgan fingerprint density at radius 2 is 1.90 bits per heavy atom. The highest BCUT2D eigenvalue weighted by Gasteiger charge is 2.53. The van der Waals surface area contributed by atoms with E-state index < -0.39 is 11.0 Å². The zero-order valence-corrected chi connectivity index (χ0v) is 12.9. The minimum atomic E-state index is -0.953. The van der Waals surface area contributed by atoms with Gasteiger partial charge >= 0.3 is 5.97 Å². The van der Waals surface area contributed by atoms with E-state index in [1.54, 1.807) is 6.92 Å². The summed E-state index contributed by atoms with van der Waals surface area (Å²) in [6, 6.07) is 9.76. The van der Waals surface area contributed by atoms with Crippen LogP contribution in [-0.4, -0.2) is 24.5 Å². The Morgan fingerprint density at radius 3 is 2.38 bits per heavy atom. The lowest BCUT2D eigenvalue weighted by atomic mass is 9.91. The summed E-state index contributed by atoms with van der Waals surface area (Å²) in [6.45, 7) is 3.72. The van der Waals surface area contributed by atoms with E-state index in [0.717, 1.165) is 24.8 Å². The van der Waals surface area contributed by atoms with E-state index in [1.165, 1.54) is 7.11 Å². The Morgan fingerprint density at radius 1 is 1.29 bits per heavy atom. The Bertz CT molecular complexity index is 522. The van der Waals surface area contributed by atoms with Crippen LogP contribution in [0.5, 0.6) is 0 Å². The maximum absolute atomic E-state index is 12.7. The molecule has 0 spiro atoms. The zero-order valence-electron chi connectivity index (χ0n) is 12.9. The van der Waals surface area contributed by atoms with Gasteiger partial charge in [0.1, 0.15) is 5.54 Å². The molecule has 4 heteroatoms. The molecule has 0 saturated heterocycles. The van der Waals surface area contributed by atoms with E-state index in [-0.39, 0.29) is 11.9 Å².